The lowest BCUT2D eigenvalue weighted by atomic mass is 10.0. The number of ether oxygens (including phenoxy) is 1. The Morgan fingerprint density at radius 1 is 1.16 bits per heavy atom. The van der Waals surface area contributed by atoms with Crippen molar-refractivity contribution in [2.75, 3.05) is 17.3 Å². The summed E-state index contributed by atoms with van der Waals surface area (Å²) in [6.45, 7) is 4.66. The van der Waals surface area contributed by atoms with Crippen LogP contribution in [0.5, 0.6) is 5.75 Å². The first kappa shape index (κ1) is 21.5. The predicted molar refractivity (Wildman–Crippen MR) is 123 cm³/mol. The Kier molecular flexibility index (Phi) is 6.67. The van der Waals surface area contributed by atoms with E-state index < -0.39 is 5.25 Å². The lowest BCUT2D eigenvalue weighted by Crippen LogP contribution is -2.41. The van der Waals surface area contributed by atoms with Crippen LogP contribution in [0.15, 0.2) is 53.7 Å². The van der Waals surface area contributed by atoms with Gasteiger partial charge in [0, 0.05) is 17.1 Å². The Hall–Kier alpha value is -2.71. The second kappa shape index (κ2) is 9.62. The van der Waals surface area contributed by atoms with Crippen LogP contribution in [0.25, 0.3) is 0 Å². The van der Waals surface area contributed by atoms with Crippen molar-refractivity contribution in [1.82, 2.24) is 14.9 Å². The third-order valence-corrected chi connectivity index (χ3v) is 6.36. The molecule has 0 radical (unpaired) electrons. The van der Waals surface area contributed by atoms with E-state index in [9.17, 15) is 4.79 Å². The van der Waals surface area contributed by atoms with Gasteiger partial charge in [-0.05, 0) is 55.3 Å². The minimum Gasteiger partial charge on any atom is -0.494 e. The van der Waals surface area contributed by atoms with Gasteiger partial charge in [0.1, 0.15) is 11.0 Å². The maximum atomic E-state index is 13.3. The van der Waals surface area contributed by atoms with Crippen LogP contribution in [0.2, 0.25) is 5.02 Å². The third kappa shape index (κ3) is 4.80. The number of thioether (sulfide) groups is 1. The first-order valence-electron chi connectivity index (χ1n) is 10.3. The highest BCUT2D eigenvalue weighted by molar-refractivity contribution is 8.00. The first-order chi connectivity index (χ1) is 15.1. The van der Waals surface area contributed by atoms with Gasteiger partial charge in [-0.3, -0.25) is 4.79 Å². The summed E-state index contributed by atoms with van der Waals surface area (Å²) in [5.41, 5.74) is 5.15. The summed E-state index contributed by atoms with van der Waals surface area (Å²) < 4.78 is 7.47. The molecule has 2 aromatic carbocycles. The number of benzene rings is 2. The first-order valence-corrected chi connectivity index (χ1v) is 11.5. The second-order valence-electron chi connectivity index (χ2n) is 7.13. The number of fused-ring (bicyclic) bond motifs is 1. The number of hydrogen-bond acceptors (Lipinski definition) is 6. The molecule has 0 aliphatic carbocycles. The quantitative estimate of drug-likeness (QED) is 0.536. The largest absolute Gasteiger partial charge is 0.494 e. The summed E-state index contributed by atoms with van der Waals surface area (Å²) in [7, 11) is 0. The number of aryl methyl sites for hydroxylation is 1. The number of rotatable bonds is 7. The van der Waals surface area contributed by atoms with E-state index in [1.165, 1.54) is 11.8 Å². The Morgan fingerprint density at radius 2 is 1.90 bits per heavy atom. The Labute approximate surface area is 190 Å². The van der Waals surface area contributed by atoms with Crippen molar-refractivity contribution >= 4 is 35.0 Å². The molecule has 0 bridgehead atoms. The molecule has 3 aromatic rings. The fourth-order valence-corrected chi connectivity index (χ4v) is 4.64. The lowest BCUT2D eigenvalue weighted by molar-refractivity contribution is -0.116. The molecule has 31 heavy (non-hydrogen) atoms. The van der Waals surface area contributed by atoms with Crippen LogP contribution in [0.3, 0.4) is 0 Å². The van der Waals surface area contributed by atoms with Crippen LogP contribution in [0.4, 0.5) is 5.69 Å². The number of aromatic nitrogens is 3. The number of carbonyl (C=O) groups is 1. The zero-order chi connectivity index (χ0) is 21.8. The molecule has 1 aliphatic rings. The van der Waals surface area contributed by atoms with Gasteiger partial charge in [0.2, 0.25) is 11.1 Å². The number of halogens is 1. The molecular weight excluding hydrogens is 434 g/mol. The molecule has 1 amide bonds. The van der Waals surface area contributed by atoms with Crippen molar-refractivity contribution in [3.05, 3.63) is 64.9 Å². The molecular formula is C22H24ClN5O2S. The molecule has 9 heteroatoms. The molecule has 2 N–H and O–H groups in total. The standard InChI is InChI=1S/C22H24ClN5O2S/c1-3-5-18-25-26-22-28(18)27-19(14-6-12-17(13-7-14)30-4-2)20(31-22)21(29)24-16-10-8-15(23)9-11-16/h6-13,19-20,27H,3-5H2,1-2H3,(H,24,29)/t19-,20-/m1/s1. The van der Waals surface area contributed by atoms with Crippen LogP contribution in [-0.2, 0) is 11.2 Å². The van der Waals surface area contributed by atoms with Crippen LogP contribution < -0.4 is 15.5 Å². The summed E-state index contributed by atoms with van der Waals surface area (Å²) >= 11 is 7.37. The molecule has 7 nitrogen and oxygen atoms in total. The number of anilines is 1. The van der Waals surface area contributed by atoms with Gasteiger partial charge < -0.3 is 15.5 Å². The zero-order valence-electron chi connectivity index (χ0n) is 17.3. The number of carbonyl (C=O) groups excluding carboxylic acids is 1. The van der Waals surface area contributed by atoms with Gasteiger partial charge in [-0.25, -0.2) is 4.68 Å². The van der Waals surface area contributed by atoms with E-state index in [-0.39, 0.29) is 11.9 Å². The fourth-order valence-electron chi connectivity index (χ4n) is 3.42. The van der Waals surface area contributed by atoms with E-state index in [1.807, 2.05) is 35.9 Å². The van der Waals surface area contributed by atoms with Gasteiger partial charge in [0.15, 0.2) is 5.82 Å². The van der Waals surface area contributed by atoms with E-state index in [0.29, 0.717) is 22.5 Å². The van der Waals surface area contributed by atoms with E-state index in [1.54, 1.807) is 24.3 Å². The van der Waals surface area contributed by atoms with Gasteiger partial charge in [0.25, 0.3) is 0 Å². The summed E-state index contributed by atoms with van der Waals surface area (Å²) in [5, 5.41) is 12.4. The summed E-state index contributed by atoms with van der Waals surface area (Å²) in [4.78, 5) is 13.3. The van der Waals surface area contributed by atoms with Crippen LogP contribution in [0.1, 0.15) is 37.7 Å². The minimum absolute atomic E-state index is 0.120. The van der Waals surface area contributed by atoms with Crippen molar-refractivity contribution in [2.24, 2.45) is 0 Å². The van der Waals surface area contributed by atoms with Crippen LogP contribution in [0, 0.1) is 0 Å². The van der Waals surface area contributed by atoms with E-state index in [2.05, 4.69) is 27.9 Å². The second-order valence-corrected chi connectivity index (χ2v) is 8.67. The molecule has 2 heterocycles. The van der Waals surface area contributed by atoms with Crippen molar-refractivity contribution in [2.45, 2.75) is 43.1 Å². The molecule has 0 saturated heterocycles. The van der Waals surface area contributed by atoms with Gasteiger partial charge in [-0.15, -0.1) is 10.2 Å². The highest BCUT2D eigenvalue weighted by atomic mass is 35.5. The van der Waals surface area contributed by atoms with Gasteiger partial charge in [0.05, 0.1) is 12.6 Å². The summed E-state index contributed by atoms with van der Waals surface area (Å²) in [6, 6.07) is 14.6. The lowest BCUT2D eigenvalue weighted by Gasteiger charge is -2.33. The molecule has 2 atom stereocenters. The zero-order valence-corrected chi connectivity index (χ0v) is 18.9. The average molecular weight is 458 g/mol. The fraction of sp³-hybridized carbons (Fsp3) is 0.318. The SMILES string of the molecule is CCCc1nnc2n1N[C@H](c1ccc(OCC)cc1)[C@H](C(=O)Nc1ccc(Cl)cc1)S2. The van der Waals surface area contributed by atoms with Crippen molar-refractivity contribution in [3.8, 4) is 5.75 Å². The maximum Gasteiger partial charge on any atom is 0.240 e. The smallest absolute Gasteiger partial charge is 0.240 e. The predicted octanol–water partition coefficient (Wildman–Crippen LogP) is 4.68. The molecule has 0 fully saturated rings. The van der Waals surface area contributed by atoms with Crippen molar-refractivity contribution in [3.63, 3.8) is 0 Å². The monoisotopic (exact) mass is 457 g/mol. The Morgan fingerprint density at radius 3 is 2.58 bits per heavy atom. The molecule has 1 aliphatic heterocycles. The van der Waals surface area contributed by atoms with E-state index in [0.717, 1.165) is 30.0 Å². The van der Waals surface area contributed by atoms with Crippen molar-refractivity contribution in [1.29, 1.82) is 0 Å². The van der Waals surface area contributed by atoms with Crippen LogP contribution in [-0.4, -0.2) is 32.6 Å². The number of nitrogens with one attached hydrogen (secondary N) is 2. The highest BCUT2D eigenvalue weighted by Gasteiger charge is 2.37. The highest BCUT2D eigenvalue weighted by Crippen LogP contribution is 2.38. The Balaban J connectivity index is 1.64. The number of nitrogens with zero attached hydrogens (tertiary/aromatic N) is 3. The molecule has 0 unspecified atom stereocenters. The van der Waals surface area contributed by atoms with Crippen LogP contribution >= 0.6 is 23.4 Å². The molecule has 0 spiro atoms. The van der Waals surface area contributed by atoms with E-state index >= 15 is 0 Å². The topological polar surface area (TPSA) is 81.1 Å². The number of amides is 1. The van der Waals surface area contributed by atoms with Gasteiger partial charge in [-0.2, -0.15) is 0 Å². The average Bonchev–Trinajstić information content (AvgIpc) is 3.17. The minimum atomic E-state index is -0.445. The van der Waals surface area contributed by atoms with Gasteiger partial charge >= 0.3 is 0 Å². The Bertz CT molecular complexity index is 1040. The summed E-state index contributed by atoms with van der Waals surface area (Å²) in [6.07, 6.45) is 1.76. The maximum absolute atomic E-state index is 13.3. The normalized spacial score (nSPS) is 17.5. The molecule has 1 aromatic heterocycles. The molecule has 4 rings (SSSR count). The summed E-state index contributed by atoms with van der Waals surface area (Å²) in [5.74, 6) is 1.54. The molecule has 0 saturated carbocycles. The number of hydrogen-bond donors (Lipinski definition) is 2. The van der Waals surface area contributed by atoms with Crippen molar-refractivity contribution < 1.29 is 9.53 Å². The van der Waals surface area contributed by atoms with E-state index in [4.69, 9.17) is 16.3 Å². The van der Waals surface area contributed by atoms with Gasteiger partial charge in [-0.1, -0.05) is 42.4 Å². The third-order valence-electron chi connectivity index (χ3n) is 4.90. The molecule has 162 valence electrons.